The van der Waals surface area contributed by atoms with Crippen molar-refractivity contribution in [3.63, 3.8) is 0 Å². The number of nitrogens with one attached hydrogen (secondary N) is 2. The molecule has 4 N–H and O–H groups in total. The van der Waals surface area contributed by atoms with Gasteiger partial charge in [0.05, 0.1) is 6.54 Å². The molecule has 0 saturated carbocycles. The highest BCUT2D eigenvalue weighted by atomic mass is 16.5. The van der Waals surface area contributed by atoms with Crippen LogP contribution in [-0.4, -0.2) is 31.3 Å². The summed E-state index contributed by atoms with van der Waals surface area (Å²) in [5.41, 5.74) is 7.32. The van der Waals surface area contributed by atoms with Gasteiger partial charge in [-0.15, -0.1) is 0 Å². The summed E-state index contributed by atoms with van der Waals surface area (Å²) in [6.07, 6.45) is 10.2. The lowest BCUT2D eigenvalue weighted by Gasteiger charge is -2.22. The summed E-state index contributed by atoms with van der Waals surface area (Å²) in [4.78, 5) is 25.6. The minimum absolute atomic E-state index is 0.102. The topological polar surface area (TPSA) is 118 Å². The standard InChI is InChI=1S/C18H26N4O3/c1-3-5-14-10-13(2)15(16(14)6-4-9-21-11-23)7-8-17(24)25-12-22-18(19)20/h3,5,10,15-16H,2,4,6-9,12H2,1H3,(H4,19,20,22)/b5-3-. The predicted octanol–water partition coefficient (Wildman–Crippen LogP) is 2.17. The van der Waals surface area contributed by atoms with E-state index in [1.807, 2.05) is 13.0 Å². The highest BCUT2D eigenvalue weighted by Gasteiger charge is 2.31. The first-order valence-corrected chi connectivity index (χ1v) is 8.29. The number of rotatable bonds is 10. The van der Waals surface area contributed by atoms with Gasteiger partial charge in [-0.1, -0.05) is 30.4 Å². The van der Waals surface area contributed by atoms with E-state index >= 15 is 0 Å². The smallest absolute Gasteiger partial charge is 0.307 e. The van der Waals surface area contributed by atoms with E-state index in [1.54, 1.807) is 6.08 Å². The molecule has 25 heavy (non-hydrogen) atoms. The van der Waals surface area contributed by atoms with Gasteiger partial charge in [0.25, 0.3) is 0 Å². The van der Waals surface area contributed by atoms with Gasteiger partial charge in [0, 0.05) is 6.42 Å². The molecule has 7 nitrogen and oxygen atoms in total. The van der Waals surface area contributed by atoms with Crippen molar-refractivity contribution < 1.29 is 14.3 Å². The number of ether oxygens (including phenoxy) is 1. The molecule has 1 rings (SSSR count). The minimum atomic E-state index is -0.342. The maximum Gasteiger partial charge on any atom is 0.307 e. The van der Waals surface area contributed by atoms with Gasteiger partial charge in [-0.05, 0) is 43.6 Å². The van der Waals surface area contributed by atoms with Crippen LogP contribution in [0.25, 0.3) is 0 Å². The molecule has 0 aromatic rings. The quantitative estimate of drug-likeness (QED) is 0.140. The number of nitrogens with two attached hydrogens (primary N) is 1. The molecule has 0 bridgehead atoms. The average Bonchev–Trinajstić information content (AvgIpc) is 2.84. The number of hydrogen-bond donors (Lipinski definition) is 3. The normalized spacial score (nSPS) is 19.4. The lowest BCUT2D eigenvalue weighted by molar-refractivity contribution is -0.144. The van der Waals surface area contributed by atoms with Crippen LogP contribution in [0.1, 0.15) is 32.6 Å². The van der Waals surface area contributed by atoms with E-state index in [4.69, 9.17) is 15.9 Å². The van der Waals surface area contributed by atoms with Gasteiger partial charge >= 0.3 is 5.97 Å². The molecule has 7 heteroatoms. The first-order chi connectivity index (χ1) is 12.0. The number of carbonyl (C=O) groups is 1. The maximum absolute atomic E-state index is 11.8. The van der Waals surface area contributed by atoms with Gasteiger partial charge < -0.3 is 15.8 Å². The molecule has 0 saturated heterocycles. The van der Waals surface area contributed by atoms with Gasteiger partial charge in [-0.2, -0.15) is 0 Å². The van der Waals surface area contributed by atoms with Crippen LogP contribution in [-0.2, 0) is 14.3 Å². The van der Waals surface area contributed by atoms with Gasteiger partial charge in [-0.25, -0.2) is 9.79 Å². The van der Waals surface area contributed by atoms with Crippen LogP contribution in [0, 0.1) is 17.2 Å². The first kappa shape index (κ1) is 20.4. The molecule has 0 aliphatic heterocycles. The third-order valence-corrected chi connectivity index (χ3v) is 4.11. The number of esters is 1. The number of carbonyl (C=O) groups excluding carboxylic acids is 2. The van der Waals surface area contributed by atoms with E-state index in [-0.39, 0.29) is 36.9 Å². The largest absolute Gasteiger partial charge is 0.444 e. The fourth-order valence-electron chi connectivity index (χ4n) is 3.01. The van der Waals surface area contributed by atoms with E-state index in [0.717, 1.165) is 18.4 Å². The molecular formula is C18H26N4O3. The summed E-state index contributed by atoms with van der Waals surface area (Å²) in [5.74, 6) is -0.158. The van der Waals surface area contributed by atoms with Crippen LogP contribution < -0.4 is 11.1 Å². The van der Waals surface area contributed by atoms with Crippen molar-refractivity contribution >= 4 is 18.0 Å². The van der Waals surface area contributed by atoms with Crippen LogP contribution in [0.5, 0.6) is 0 Å². The van der Waals surface area contributed by atoms with Crippen molar-refractivity contribution in [3.8, 4) is 0 Å². The van der Waals surface area contributed by atoms with Crippen molar-refractivity contribution in [2.45, 2.75) is 32.6 Å². The summed E-state index contributed by atoms with van der Waals surface area (Å²) < 4.78 is 4.98. The fraction of sp³-hybridized carbons (Fsp3) is 0.500. The van der Waals surface area contributed by atoms with E-state index in [1.165, 1.54) is 5.57 Å². The van der Waals surface area contributed by atoms with E-state index < -0.39 is 0 Å². The molecular weight excluding hydrogens is 320 g/mol. The lowest BCUT2D eigenvalue weighted by atomic mass is 9.82. The molecule has 1 aliphatic rings. The zero-order chi connectivity index (χ0) is 18.7. The molecule has 0 spiro atoms. The molecule has 0 aromatic heterocycles. The lowest BCUT2D eigenvalue weighted by Crippen LogP contribution is -2.33. The molecule has 0 amide bonds. The molecule has 2 unspecified atom stereocenters. The second kappa shape index (κ2) is 11.0. The molecule has 0 fully saturated rings. The molecule has 136 valence electrons. The summed E-state index contributed by atoms with van der Waals surface area (Å²) in [6, 6.07) is 0. The number of guanidine groups is 1. The fourth-order valence-corrected chi connectivity index (χ4v) is 3.01. The molecule has 0 radical (unpaired) electrons. The van der Waals surface area contributed by atoms with Gasteiger partial charge in [0.1, 0.15) is 0 Å². The summed E-state index contributed by atoms with van der Waals surface area (Å²) in [7, 11) is 0. The van der Waals surface area contributed by atoms with Gasteiger partial charge in [0.2, 0.25) is 6.08 Å². The summed E-state index contributed by atoms with van der Waals surface area (Å²) >= 11 is 0. The van der Waals surface area contributed by atoms with Crippen molar-refractivity contribution in [2.75, 3.05) is 13.3 Å². The monoisotopic (exact) mass is 346 g/mol. The van der Waals surface area contributed by atoms with Crippen molar-refractivity contribution in [3.05, 3.63) is 36.0 Å². The zero-order valence-electron chi connectivity index (χ0n) is 14.6. The zero-order valence-corrected chi connectivity index (χ0v) is 14.6. The number of allylic oxidation sites excluding steroid dienone is 5. The second-order valence-corrected chi connectivity index (χ2v) is 5.84. The Kier molecular flexibility index (Phi) is 8.96. The highest BCUT2D eigenvalue weighted by molar-refractivity contribution is 5.74. The van der Waals surface area contributed by atoms with Gasteiger partial charge in [-0.3, -0.25) is 10.2 Å². The van der Waals surface area contributed by atoms with Crippen LogP contribution >= 0.6 is 0 Å². The number of nitrogens with zero attached hydrogens (tertiary/aromatic N) is 1. The predicted molar refractivity (Wildman–Crippen MR) is 96.5 cm³/mol. The van der Waals surface area contributed by atoms with E-state index in [0.29, 0.717) is 13.0 Å². The molecule has 0 heterocycles. The average molecular weight is 346 g/mol. The summed E-state index contributed by atoms with van der Waals surface area (Å²) in [5, 5.41) is 9.43. The van der Waals surface area contributed by atoms with Crippen LogP contribution in [0.4, 0.5) is 0 Å². The Hall–Kier alpha value is -2.66. The molecule has 2 atom stereocenters. The van der Waals surface area contributed by atoms with E-state index in [2.05, 4.69) is 29.0 Å². The first-order valence-electron chi connectivity index (χ1n) is 8.29. The highest BCUT2D eigenvalue weighted by Crippen LogP contribution is 2.41. The Labute approximate surface area is 148 Å². The van der Waals surface area contributed by atoms with Crippen LogP contribution in [0.2, 0.25) is 0 Å². The minimum Gasteiger partial charge on any atom is -0.444 e. The molecule has 0 aromatic carbocycles. The van der Waals surface area contributed by atoms with Crippen LogP contribution in [0.15, 0.2) is 40.9 Å². The third-order valence-electron chi connectivity index (χ3n) is 4.11. The number of aliphatic imine (C=N–C) groups is 1. The Morgan fingerprint density at radius 3 is 2.92 bits per heavy atom. The Morgan fingerprint density at radius 1 is 1.52 bits per heavy atom. The van der Waals surface area contributed by atoms with Crippen molar-refractivity contribution in [1.29, 1.82) is 5.41 Å². The Morgan fingerprint density at radius 2 is 2.28 bits per heavy atom. The molecule has 1 aliphatic carbocycles. The summed E-state index contributed by atoms with van der Waals surface area (Å²) in [6.45, 7) is 6.44. The van der Waals surface area contributed by atoms with Crippen molar-refractivity contribution in [2.24, 2.45) is 22.6 Å². The number of hydrogen-bond acceptors (Lipinski definition) is 5. The maximum atomic E-state index is 11.8. The van der Waals surface area contributed by atoms with Crippen molar-refractivity contribution in [1.82, 2.24) is 5.32 Å². The second-order valence-electron chi connectivity index (χ2n) is 5.84. The van der Waals surface area contributed by atoms with Crippen LogP contribution in [0.3, 0.4) is 0 Å². The SMILES string of the molecule is C=C1C=C(/C=C\C)C(CCCN=C=O)C1CCC(=O)OCNC(=N)N. The van der Waals surface area contributed by atoms with Gasteiger partial charge in [0.15, 0.2) is 12.7 Å². The third kappa shape index (κ3) is 7.18. The Bertz CT molecular complexity index is 603. The van der Waals surface area contributed by atoms with E-state index in [9.17, 15) is 9.59 Å². The Balaban J connectivity index is 2.58. The number of isocyanates is 1.